The molecule has 0 aliphatic heterocycles. The second-order valence-corrected chi connectivity index (χ2v) is 13.4. The molecule has 9 rings (SSSR count). The molecule has 0 amide bonds. The fourth-order valence-corrected chi connectivity index (χ4v) is 7.84. The molecule has 0 atom stereocenters. The lowest BCUT2D eigenvalue weighted by atomic mass is 9.81. The first-order valence-electron chi connectivity index (χ1n) is 16.8. The topological polar surface area (TPSA) is 3.24 Å². The summed E-state index contributed by atoms with van der Waals surface area (Å²) in [6, 6.07) is 64.4. The highest BCUT2D eigenvalue weighted by atomic mass is 15.1. The minimum atomic E-state index is -0.0793. The fraction of sp³-hybridized carbons (Fsp3) is 0.0638. The average molecular weight is 614 g/mol. The van der Waals surface area contributed by atoms with E-state index in [2.05, 4.69) is 195 Å². The molecule has 0 saturated heterocycles. The Morgan fingerprint density at radius 2 is 1.02 bits per heavy atom. The molecule has 0 fully saturated rings. The van der Waals surface area contributed by atoms with Crippen LogP contribution in [-0.4, -0.2) is 0 Å². The van der Waals surface area contributed by atoms with Crippen LogP contribution in [0.1, 0.15) is 25.0 Å². The van der Waals surface area contributed by atoms with Gasteiger partial charge >= 0.3 is 0 Å². The van der Waals surface area contributed by atoms with Crippen LogP contribution in [0.2, 0.25) is 0 Å². The van der Waals surface area contributed by atoms with E-state index in [-0.39, 0.29) is 5.41 Å². The second kappa shape index (κ2) is 11.1. The van der Waals surface area contributed by atoms with Gasteiger partial charge in [-0.1, -0.05) is 147 Å². The van der Waals surface area contributed by atoms with Gasteiger partial charge in [0.05, 0.1) is 11.4 Å². The van der Waals surface area contributed by atoms with Crippen LogP contribution in [0.4, 0.5) is 17.1 Å². The number of para-hydroxylation sites is 1. The number of rotatable bonds is 5. The zero-order valence-corrected chi connectivity index (χ0v) is 27.2. The SMILES string of the molecule is CC1(C)c2ccccc2-c2cc3c(N(c4ccccc4)c4ccc(-c5ccccc5)cc4-c4ccccc4)cc4ccccc4c3cc21. The Morgan fingerprint density at radius 3 is 1.79 bits per heavy atom. The molecular weight excluding hydrogens is 579 g/mol. The lowest BCUT2D eigenvalue weighted by Crippen LogP contribution is -2.15. The van der Waals surface area contributed by atoms with Crippen molar-refractivity contribution in [1.82, 2.24) is 0 Å². The van der Waals surface area contributed by atoms with Gasteiger partial charge in [0.1, 0.15) is 0 Å². The molecule has 0 bridgehead atoms. The first-order chi connectivity index (χ1) is 23.6. The molecule has 0 heterocycles. The van der Waals surface area contributed by atoms with E-state index in [0.29, 0.717) is 0 Å². The maximum atomic E-state index is 2.48. The highest BCUT2D eigenvalue weighted by molar-refractivity contribution is 6.17. The van der Waals surface area contributed by atoms with Gasteiger partial charge < -0.3 is 4.90 Å². The summed E-state index contributed by atoms with van der Waals surface area (Å²) in [6.07, 6.45) is 0. The summed E-state index contributed by atoms with van der Waals surface area (Å²) in [5, 5.41) is 5.04. The minimum absolute atomic E-state index is 0.0793. The van der Waals surface area contributed by atoms with Crippen molar-refractivity contribution in [2.45, 2.75) is 19.3 Å². The Bertz CT molecular complexity index is 2460. The van der Waals surface area contributed by atoms with Crippen LogP contribution in [0.3, 0.4) is 0 Å². The summed E-state index contributed by atoms with van der Waals surface area (Å²) in [7, 11) is 0. The molecule has 1 nitrogen and oxygen atoms in total. The predicted molar refractivity (Wildman–Crippen MR) is 205 cm³/mol. The van der Waals surface area contributed by atoms with Gasteiger partial charge in [-0.3, -0.25) is 0 Å². The Balaban J connectivity index is 1.38. The van der Waals surface area contributed by atoms with Crippen LogP contribution in [0, 0.1) is 0 Å². The van der Waals surface area contributed by atoms with Gasteiger partial charge in [-0.25, -0.2) is 0 Å². The molecule has 48 heavy (non-hydrogen) atoms. The molecule has 8 aromatic rings. The number of hydrogen-bond donors (Lipinski definition) is 0. The first-order valence-corrected chi connectivity index (χ1v) is 16.8. The molecule has 0 unspecified atom stereocenters. The van der Waals surface area contributed by atoms with Crippen molar-refractivity contribution >= 4 is 38.6 Å². The van der Waals surface area contributed by atoms with Crippen molar-refractivity contribution in [2.75, 3.05) is 4.90 Å². The Labute approximate surface area is 282 Å². The summed E-state index contributed by atoms with van der Waals surface area (Å²) < 4.78 is 0. The predicted octanol–water partition coefficient (Wildman–Crippen LogP) is 13.1. The van der Waals surface area contributed by atoms with Crippen molar-refractivity contribution in [3.63, 3.8) is 0 Å². The zero-order valence-electron chi connectivity index (χ0n) is 27.2. The maximum absolute atomic E-state index is 2.48. The summed E-state index contributed by atoms with van der Waals surface area (Å²) in [6.45, 7) is 4.73. The number of nitrogens with zero attached hydrogens (tertiary/aromatic N) is 1. The Hall–Kier alpha value is -5.92. The van der Waals surface area contributed by atoms with Crippen LogP contribution < -0.4 is 4.90 Å². The molecule has 8 aromatic carbocycles. The van der Waals surface area contributed by atoms with Crippen molar-refractivity contribution in [1.29, 1.82) is 0 Å². The summed E-state index contributed by atoms with van der Waals surface area (Å²) in [5.74, 6) is 0. The monoisotopic (exact) mass is 613 g/mol. The second-order valence-electron chi connectivity index (χ2n) is 13.4. The standard InChI is InChI=1S/C47H35N/c1-47(2)43-25-15-14-24-38(43)41-30-42-40(31-44(41)47)37-23-13-12-20-35(37)29-46(42)48(36-21-10-5-11-22-36)45-27-26-34(32-16-6-3-7-17-32)28-39(45)33-18-8-4-9-19-33/h3-31H,1-2H3. The van der Waals surface area contributed by atoms with E-state index in [1.54, 1.807) is 0 Å². The van der Waals surface area contributed by atoms with Crippen molar-refractivity contribution in [3.8, 4) is 33.4 Å². The Kier molecular flexibility index (Phi) is 6.55. The minimum Gasteiger partial charge on any atom is -0.309 e. The number of anilines is 3. The Morgan fingerprint density at radius 1 is 0.375 bits per heavy atom. The van der Waals surface area contributed by atoms with Gasteiger partial charge in [0.2, 0.25) is 0 Å². The van der Waals surface area contributed by atoms with E-state index < -0.39 is 0 Å². The maximum Gasteiger partial charge on any atom is 0.0546 e. The van der Waals surface area contributed by atoms with Crippen molar-refractivity contribution in [3.05, 3.63) is 187 Å². The molecule has 0 N–H and O–H groups in total. The highest BCUT2D eigenvalue weighted by Gasteiger charge is 2.36. The fourth-order valence-electron chi connectivity index (χ4n) is 7.84. The molecule has 0 spiro atoms. The average Bonchev–Trinajstić information content (AvgIpc) is 3.37. The lowest BCUT2D eigenvalue weighted by molar-refractivity contribution is 0.661. The number of hydrogen-bond acceptors (Lipinski definition) is 1. The van der Waals surface area contributed by atoms with Crippen molar-refractivity contribution in [2.24, 2.45) is 0 Å². The van der Waals surface area contributed by atoms with Crippen LogP contribution in [0.15, 0.2) is 176 Å². The van der Waals surface area contributed by atoms with Crippen LogP contribution >= 0.6 is 0 Å². The third kappa shape index (κ3) is 4.47. The molecule has 0 saturated carbocycles. The van der Waals surface area contributed by atoms with Gasteiger partial charge in [-0.2, -0.15) is 0 Å². The van der Waals surface area contributed by atoms with Crippen molar-refractivity contribution < 1.29 is 0 Å². The number of benzene rings is 8. The van der Waals surface area contributed by atoms with E-state index in [1.165, 1.54) is 71.7 Å². The summed E-state index contributed by atoms with van der Waals surface area (Å²) >= 11 is 0. The molecule has 0 radical (unpaired) electrons. The highest BCUT2D eigenvalue weighted by Crippen LogP contribution is 2.53. The quantitative estimate of drug-likeness (QED) is 0.175. The van der Waals surface area contributed by atoms with E-state index >= 15 is 0 Å². The van der Waals surface area contributed by atoms with Gasteiger partial charge in [-0.15, -0.1) is 0 Å². The molecular formula is C47H35N. The van der Waals surface area contributed by atoms with E-state index in [1.807, 2.05) is 0 Å². The van der Waals surface area contributed by atoms with Crippen LogP contribution in [0.25, 0.3) is 54.9 Å². The van der Waals surface area contributed by atoms with Gasteiger partial charge in [0.15, 0.2) is 0 Å². The third-order valence-corrected chi connectivity index (χ3v) is 10.2. The van der Waals surface area contributed by atoms with Crippen LogP contribution in [-0.2, 0) is 5.41 Å². The smallest absolute Gasteiger partial charge is 0.0546 e. The van der Waals surface area contributed by atoms with E-state index in [0.717, 1.165) is 11.4 Å². The first kappa shape index (κ1) is 28.3. The normalized spacial score (nSPS) is 13.0. The van der Waals surface area contributed by atoms with Gasteiger partial charge in [0.25, 0.3) is 0 Å². The molecule has 1 aliphatic rings. The van der Waals surface area contributed by atoms with E-state index in [9.17, 15) is 0 Å². The number of fused-ring (bicyclic) bond motifs is 6. The molecule has 0 aromatic heterocycles. The summed E-state index contributed by atoms with van der Waals surface area (Å²) in [4.78, 5) is 2.48. The molecule has 228 valence electrons. The van der Waals surface area contributed by atoms with Crippen LogP contribution in [0.5, 0.6) is 0 Å². The van der Waals surface area contributed by atoms with Gasteiger partial charge in [-0.05, 0) is 97.6 Å². The lowest BCUT2D eigenvalue weighted by Gasteiger charge is -2.30. The summed E-state index contributed by atoms with van der Waals surface area (Å²) in [5.41, 5.74) is 13.6. The molecule has 1 aliphatic carbocycles. The largest absolute Gasteiger partial charge is 0.309 e. The third-order valence-electron chi connectivity index (χ3n) is 10.2. The van der Waals surface area contributed by atoms with E-state index in [4.69, 9.17) is 0 Å². The zero-order chi connectivity index (χ0) is 32.2. The van der Waals surface area contributed by atoms with Gasteiger partial charge in [0, 0.05) is 22.1 Å². The molecule has 1 heteroatoms.